The second kappa shape index (κ2) is 11.5. The van der Waals surface area contributed by atoms with Crippen LogP contribution in [0.2, 0.25) is 0 Å². The number of benzene rings is 7. The van der Waals surface area contributed by atoms with Crippen molar-refractivity contribution >= 4 is 59.5 Å². The molecule has 2 aromatic heterocycles. The van der Waals surface area contributed by atoms with Crippen LogP contribution in [0.15, 0.2) is 170 Å². The highest BCUT2D eigenvalue weighted by Gasteiger charge is 2.35. The van der Waals surface area contributed by atoms with Crippen LogP contribution in [0.5, 0.6) is 0 Å². The average molecular weight is 671 g/mol. The Bertz CT molecular complexity index is 2780. The van der Waals surface area contributed by atoms with Crippen molar-refractivity contribution in [3.05, 3.63) is 181 Å². The molecule has 0 unspecified atom stereocenters. The molecule has 0 saturated carbocycles. The number of hydrogen-bond donors (Lipinski definition) is 0. The summed E-state index contributed by atoms with van der Waals surface area (Å²) < 4.78 is 2.57. The van der Waals surface area contributed by atoms with E-state index in [0.717, 1.165) is 33.8 Å². The zero-order valence-corrected chi connectivity index (χ0v) is 29.3. The van der Waals surface area contributed by atoms with Gasteiger partial charge in [-0.05, 0) is 81.9 Å². The van der Waals surface area contributed by atoms with Crippen LogP contribution in [0.25, 0.3) is 64.6 Å². The molecule has 1 aliphatic carbocycles. The zero-order valence-electron chi connectivity index (χ0n) is 28.5. The molecule has 0 spiro atoms. The summed E-state index contributed by atoms with van der Waals surface area (Å²) in [5.74, 6) is 0. The molecular weight excluding hydrogens is 637 g/mol. The fourth-order valence-corrected chi connectivity index (χ4v) is 9.36. The van der Waals surface area contributed by atoms with Gasteiger partial charge in [-0.25, -0.2) is 4.98 Å². The summed E-state index contributed by atoms with van der Waals surface area (Å²) in [5, 5.41) is 3.68. The van der Waals surface area contributed by atoms with E-state index in [-0.39, 0.29) is 5.41 Å². The Morgan fingerprint density at radius 3 is 2.00 bits per heavy atom. The van der Waals surface area contributed by atoms with Crippen molar-refractivity contribution in [2.24, 2.45) is 0 Å². The third kappa shape index (κ3) is 4.73. The molecule has 1 aliphatic rings. The molecular formula is C48H34N2S. The largest absolute Gasteiger partial charge is 0.310 e. The van der Waals surface area contributed by atoms with Crippen molar-refractivity contribution in [1.82, 2.24) is 4.98 Å². The highest BCUT2D eigenvalue weighted by atomic mass is 32.1. The van der Waals surface area contributed by atoms with Crippen LogP contribution in [-0.4, -0.2) is 4.98 Å². The topological polar surface area (TPSA) is 16.1 Å². The Labute approximate surface area is 301 Å². The molecule has 0 aliphatic heterocycles. The molecule has 0 N–H and O–H groups in total. The fourth-order valence-electron chi connectivity index (χ4n) is 8.12. The van der Waals surface area contributed by atoms with Crippen LogP contribution >= 0.6 is 11.3 Å². The van der Waals surface area contributed by atoms with Crippen molar-refractivity contribution in [3.63, 3.8) is 0 Å². The van der Waals surface area contributed by atoms with Crippen molar-refractivity contribution in [3.8, 4) is 33.5 Å². The quantitative estimate of drug-likeness (QED) is 0.181. The van der Waals surface area contributed by atoms with Gasteiger partial charge in [0.15, 0.2) is 0 Å². The standard InChI is InChI=1S/C48H34N2S/c1-48(2)41-20-9-6-17-37(41)38-28-27-36(30-42(38)48)50(34-25-23-32(24-26-34)31-13-4-3-5-14-31)35-16-12-15-33(29-35)46-45-40-19-8-11-22-44(40)51-47(45)39-18-7-10-21-43(39)49-46/h3-30H,1-2H3. The van der Waals surface area contributed by atoms with Crippen LogP contribution in [0.4, 0.5) is 17.1 Å². The lowest BCUT2D eigenvalue weighted by Crippen LogP contribution is -2.16. The first-order valence-electron chi connectivity index (χ1n) is 17.5. The van der Waals surface area contributed by atoms with Gasteiger partial charge in [-0.3, -0.25) is 0 Å². The molecule has 0 saturated heterocycles. The molecule has 3 heteroatoms. The van der Waals surface area contributed by atoms with Gasteiger partial charge >= 0.3 is 0 Å². The summed E-state index contributed by atoms with van der Waals surface area (Å²) in [6, 6.07) is 61.7. The fraction of sp³-hybridized carbons (Fsp3) is 0.0625. The van der Waals surface area contributed by atoms with Crippen LogP contribution in [0, 0.1) is 0 Å². The highest BCUT2D eigenvalue weighted by molar-refractivity contribution is 7.26. The number of para-hydroxylation sites is 1. The summed E-state index contributed by atoms with van der Waals surface area (Å²) in [4.78, 5) is 7.77. The maximum atomic E-state index is 5.36. The van der Waals surface area contributed by atoms with E-state index in [1.807, 2.05) is 11.3 Å². The first kappa shape index (κ1) is 29.8. The van der Waals surface area contributed by atoms with Gasteiger partial charge in [0.05, 0.1) is 11.2 Å². The highest BCUT2D eigenvalue weighted by Crippen LogP contribution is 2.51. The Kier molecular flexibility index (Phi) is 6.74. The predicted molar refractivity (Wildman–Crippen MR) is 218 cm³/mol. The Morgan fingerprint density at radius 2 is 1.14 bits per heavy atom. The number of fused-ring (bicyclic) bond motifs is 8. The van der Waals surface area contributed by atoms with Gasteiger partial charge < -0.3 is 4.90 Å². The number of thiophene rings is 1. The second-order valence-electron chi connectivity index (χ2n) is 14.0. The van der Waals surface area contributed by atoms with Crippen LogP contribution in [0.1, 0.15) is 25.0 Å². The van der Waals surface area contributed by atoms with Crippen LogP contribution in [-0.2, 0) is 5.41 Å². The lowest BCUT2D eigenvalue weighted by molar-refractivity contribution is 0.660. The maximum Gasteiger partial charge on any atom is 0.0803 e. The van der Waals surface area contributed by atoms with E-state index >= 15 is 0 Å². The van der Waals surface area contributed by atoms with Crippen molar-refractivity contribution < 1.29 is 0 Å². The third-order valence-electron chi connectivity index (χ3n) is 10.6. The zero-order chi connectivity index (χ0) is 34.1. The summed E-state index contributed by atoms with van der Waals surface area (Å²) in [6.45, 7) is 4.70. The number of nitrogens with zero attached hydrogens (tertiary/aromatic N) is 2. The molecule has 2 heterocycles. The molecule has 0 fully saturated rings. The Balaban J connectivity index is 1.17. The van der Waals surface area contributed by atoms with Gasteiger partial charge in [0.25, 0.3) is 0 Å². The minimum Gasteiger partial charge on any atom is -0.310 e. The number of pyridine rings is 1. The van der Waals surface area contributed by atoms with E-state index in [4.69, 9.17) is 4.98 Å². The van der Waals surface area contributed by atoms with Gasteiger partial charge in [0.2, 0.25) is 0 Å². The minimum absolute atomic E-state index is 0.104. The van der Waals surface area contributed by atoms with Crippen molar-refractivity contribution in [2.45, 2.75) is 19.3 Å². The average Bonchev–Trinajstić information content (AvgIpc) is 3.68. The molecule has 51 heavy (non-hydrogen) atoms. The Hall–Kier alpha value is -6.03. The molecule has 2 nitrogen and oxygen atoms in total. The van der Waals surface area contributed by atoms with E-state index in [2.05, 4.69) is 189 Å². The first-order chi connectivity index (χ1) is 25.0. The van der Waals surface area contributed by atoms with Crippen LogP contribution < -0.4 is 4.90 Å². The van der Waals surface area contributed by atoms with Gasteiger partial charge in [-0.1, -0.05) is 135 Å². The lowest BCUT2D eigenvalue weighted by Gasteiger charge is -2.28. The van der Waals surface area contributed by atoms with Crippen molar-refractivity contribution in [1.29, 1.82) is 0 Å². The number of rotatable bonds is 5. The van der Waals surface area contributed by atoms with Crippen molar-refractivity contribution in [2.75, 3.05) is 4.90 Å². The second-order valence-corrected chi connectivity index (χ2v) is 15.0. The monoisotopic (exact) mass is 670 g/mol. The summed E-state index contributed by atoms with van der Waals surface area (Å²) >= 11 is 1.86. The summed E-state index contributed by atoms with van der Waals surface area (Å²) in [6.07, 6.45) is 0. The molecule has 9 aromatic rings. The number of hydrogen-bond acceptors (Lipinski definition) is 3. The molecule has 0 amide bonds. The van der Waals surface area contributed by atoms with E-state index in [9.17, 15) is 0 Å². The van der Waals surface area contributed by atoms with Crippen LogP contribution in [0.3, 0.4) is 0 Å². The SMILES string of the molecule is CC1(C)c2ccccc2-c2ccc(N(c3ccc(-c4ccccc4)cc3)c3cccc(-c4nc5ccccc5c5sc6ccccc6c45)c3)cc21. The maximum absolute atomic E-state index is 5.36. The van der Waals surface area contributed by atoms with E-state index in [1.54, 1.807) is 0 Å². The smallest absolute Gasteiger partial charge is 0.0803 e. The van der Waals surface area contributed by atoms with Gasteiger partial charge in [0.1, 0.15) is 0 Å². The number of aromatic nitrogens is 1. The van der Waals surface area contributed by atoms with Gasteiger partial charge in [-0.2, -0.15) is 0 Å². The van der Waals surface area contributed by atoms with E-state index < -0.39 is 0 Å². The Morgan fingerprint density at radius 1 is 0.490 bits per heavy atom. The molecule has 0 radical (unpaired) electrons. The lowest BCUT2D eigenvalue weighted by atomic mass is 9.82. The molecule has 0 bridgehead atoms. The molecule has 242 valence electrons. The molecule has 10 rings (SSSR count). The minimum atomic E-state index is -0.104. The molecule has 0 atom stereocenters. The number of anilines is 3. The normalized spacial score (nSPS) is 13.1. The predicted octanol–water partition coefficient (Wildman–Crippen LogP) is 13.7. The molecule has 7 aromatic carbocycles. The van der Waals surface area contributed by atoms with Gasteiger partial charge in [0, 0.05) is 53.6 Å². The van der Waals surface area contributed by atoms with E-state index in [0.29, 0.717) is 0 Å². The van der Waals surface area contributed by atoms with Gasteiger partial charge in [-0.15, -0.1) is 11.3 Å². The third-order valence-corrected chi connectivity index (χ3v) is 11.9. The van der Waals surface area contributed by atoms with E-state index in [1.165, 1.54) is 58.9 Å². The first-order valence-corrected chi connectivity index (χ1v) is 18.4. The summed E-state index contributed by atoms with van der Waals surface area (Å²) in [5.41, 5.74) is 14.2. The summed E-state index contributed by atoms with van der Waals surface area (Å²) in [7, 11) is 0.